The topological polar surface area (TPSA) is 81.7 Å². The fourth-order valence-electron chi connectivity index (χ4n) is 4.53. The lowest BCUT2D eigenvalue weighted by atomic mass is 9.84. The molecule has 0 radical (unpaired) electrons. The molecule has 0 aliphatic carbocycles. The van der Waals surface area contributed by atoms with Gasteiger partial charge >= 0.3 is 5.97 Å². The third kappa shape index (κ3) is 6.23. The molecule has 0 bridgehead atoms. The van der Waals surface area contributed by atoms with Crippen LogP contribution in [0.5, 0.6) is 28.7 Å². The van der Waals surface area contributed by atoms with Crippen molar-refractivity contribution in [1.82, 2.24) is 0 Å². The van der Waals surface area contributed by atoms with Crippen LogP contribution in [0.1, 0.15) is 31.1 Å². The van der Waals surface area contributed by atoms with E-state index in [1.54, 1.807) is 35.5 Å². The minimum atomic E-state index is -0.365. The molecule has 0 N–H and O–H groups in total. The van der Waals surface area contributed by atoms with Crippen LogP contribution in [0.15, 0.2) is 42.0 Å². The number of hydrogen-bond donors (Lipinski definition) is 0. The predicted molar refractivity (Wildman–Crippen MR) is 135 cm³/mol. The molecule has 8 heteroatoms. The number of carbonyl (C=O) groups is 1. The van der Waals surface area contributed by atoms with Crippen molar-refractivity contribution in [2.24, 2.45) is 11.8 Å². The Morgan fingerprint density at radius 2 is 1.53 bits per heavy atom. The van der Waals surface area contributed by atoms with E-state index >= 15 is 0 Å². The largest absolute Gasteiger partial charge is 0.493 e. The number of ether oxygens (including phenoxy) is 7. The van der Waals surface area contributed by atoms with Gasteiger partial charge in [0.1, 0.15) is 0 Å². The maximum atomic E-state index is 12.3. The second kappa shape index (κ2) is 12.5. The molecule has 0 spiro atoms. The fourth-order valence-corrected chi connectivity index (χ4v) is 4.53. The number of esters is 1. The van der Waals surface area contributed by atoms with Crippen LogP contribution in [0.4, 0.5) is 0 Å². The molecule has 1 aliphatic heterocycles. The van der Waals surface area contributed by atoms with Crippen LogP contribution in [-0.2, 0) is 20.7 Å². The predicted octanol–water partition coefficient (Wildman–Crippen LogP) is 4.79. The van der Waals surface area contributed by atoms with Crippen molar-refractivity contribution in [3.8, 4) is 28.7 Å². The Hall–Kier alpha value is -3.39. The quantitative estimate of drug-likeness (QED) is 0.322. The second-order valence-corrected chi connectivity index (χ2v) is 8.88. The van der Waals surface area contributed by atoms with Crippen molar-refractivity contribution in [2.75, 3.05) is 48.8 Å². The zero-order valence-electron chi connectivity index (χ0n) is 22.1. The molecule has 2 aromatic rings. The third-order valence-corrected chi connectivity index (χ3v) is 6.27. The molecule has 3 rings (SSSR count). The fraction of sp³-hybridized carbons (Fsp3) is 0.464. The van der Waals surface area contributed by atoms with E-state index in [9.17, 15) is 4.79 Å². The van der Waals surface area contributed by atoms with Crippen LogP contribution in [0.2, 0.25) is 0 Å². The Bertz CT molecular complexity index is 1050. The smallest absolute Gasteiger partial charge is 0.330 e. The Balaban J connectivity index is 1.93. The number of benzene rings is 2. The van der Waals surface area contributed by atoms with Crippen LogP contribution >= 0.6 is 0 Å². The second-order valence-electron chi connectivity index (χ2n) is 8.88. The maximum absolute atomic E-state index is 12.3. The van der Waals surface area contributed by atoms with E-state index in [4.69, 9.17) is 33.2 Å². The average molecular weight is 501 g/mol. The summed E-state index contributed by atoms with van der Waals surface area (Å²) >= 11 is 0. The lowest BCUT2D eigenvalue weighted by Crippen LogP contribution is -2.24. The van der Waals surface area contributed by atoms with Crippen LogP contribution in [0.25, 0.3) is 0 Å². The summed E-state index contributed by atoms with van der Waals surface area (Å²) in [5, 5.41) is 0. The van der Waals surface area contributed by atoms with Gasteiger partial charge in [-0.15, -0.1) is 0 Å². The van der Waals surface area contributed by atoms with Gasteiger partial charge in [-0.25, -0.2) is 4.79 Å². The molecule has 2 aromatic carbocycles. The lowest BCUT2D eigenvalue weighted by molar-refractivity contribution is -0.140. The molecule has 36 heavy (non-hydrogen) atoms. The highest BCUT2D eigenvalue weighted by molar-refractivity contribution is 5.82. The molecule has 1 heterocycles. The molecular weight excluding hydrogens is 464 g/mol. The minimum Gasteiger partial charge on any atom is -0.493 e. The summed E-state index contributed by atoms with van der Waals surface area (Å²) < 4.78 is 39.4. The number of hydrogen-bond acceptors (Lipinski definition) is 8. The van der Waals surface area contributed by atoms with Crippen molar-refractivity contribution in [3.63, 3.8) is 0 Å². The summed E-state index contributed by atoms with van der Waals surface area (Å²) in [6.07, 6.45) is 1.88. The molecule has 0 saturated carbocycles. The van der Waals surface area contributed by atoms with E-state index in [1.807, 2.05) is 44.2 Å². The van der Waals surface area contributed by atoms with E-state index in [2.05, 4.69) is 0 Å². The van der Waals surface area contributed by atoms with Crippen LogP contribution < -0.4 is 23.7 Å². The molecule has 196 valence electrons. The minimum absolute atomic E-state index is 0.0895. The van der Waals surface area contributed by atoms with Crippen LogP contribution in [-0.4, -0.2) is 54.7 Å². The first kappa shape index (κ1) is 27.2. The van der Waals surface area contributed by atoms with Crippen molar-refractivity contribution in [2.45, 2.75) is 26.4 Å². The molecule has 3 atom stereocenters. The molecule has 8 nitrogen and oxygen atoms in total. The molecule has 1 aliphatic rings. The van der Waals surface area contributed by atoms with E-state index in [1.165, 1.54) is 6.08 Å². The Labute approximate surface area is 213 Å². The van der Waals surface area contributed by atoms with E-state index < -0.39 is 0 Å². The summed E-state index contributed by atoms with van der Waals surface area (Å²) in [5.41, 5.74) is 2.82. The van der Waals surface area contributed by atoms with Crippen molar-refractivity contribution in [1.29, 1.82) is 0 Å². The SMILES string of the molecule is COc1ccc(C[C@H]2CO[C@H](c3cc(OC)c(OC)c(OC)c3)[C@H]2COC(=O)C=C(C)C)cc1OC. The molecule has 1 saturated heterocycles. The molecule has 0 unspecified atom stereocenters. The first-order valence-corrected chi connectivity index (χ1v) is 11.8. The normalized spacial score (nSPS) is 18.8. The van der Waals surface area contributed by atoms with Gasteiger partial charge in [-0.05, 0) is 61.6 Å². The highest BCUT2D eigenvalue weighted by Crippen LogP contribution is 2.46. The van der Waals surface area contributed by atoms with Gasteiger partial charge in [-0.1, -0.05) is 11.6 Å². The third-order valence-electron chi connectivity index (χ3n) is 6.27. The van der Waals surface area contributed by atoms with Gasteiger partial charge in [0.05, 0.1) is 54.9 Å². The number of carbonyl (C=O) groups excluding carboxylic acids is 1. The standard InChI is InChI=1S/C28H36O8/c1-17(2)10-26(29)35-16-21-20(11-18-8-9-22(30-3)23(12-18)31-4)15-36-27(21)19-13-24(32-5)28(34-7)25(14-19)33-6/h8-10,12-14,20-21,27H,11,15-16H2,1-7H3/t20-,21-,27+/m0/s1. The van der Waals surface area contributed by atoms with Gasteiger partial charge in [-0.2, -0.15) is 0 Å². The molecule has 0 amide bonds. The highest BCUT2D eigenvalue weighted by Gasteiger charge is 2.40. The summed E-state index contributed by atoms with van der Waals surface area (Å²) in [6, 6.07) is 9.65. The first-order valence-electron chi connectivity index (χ1n) is 11.8. The molecule has 1 fully saturated rings. The van der Waals surface area contributed by atoms with E-state index in [0.29, 0.717) is 41.8 Å². The molecule has 0 aromatic heterocycles. The van der Waals surface area contributed by atoms with Gasteiger partial charge in [0.15, 0.2) is 23.0 Å². The van der Waals surface area contributed by atoms with E-state index in [0.717, 1.165) is 16.7 Å². The summed E-state index contributed by atoms with van der Waals surface area (Å²) in [4.78, 5) is 12.3. The summed E-state index contributed by atoms with van der Waals surface area (Å²) in [5.74, 6) is 2.55. The number of rotatable bonds is 11. The zero-order chi connectivity index (χ0) is 26.2. The lowest BCUT2D eigenvalue weighted by Gasteiger charge is -2.24. The first-order chi connectivity index (χ1) is 17.3. The van der Waals surface area contributed by atoms with Gasteiger partial charge in [-0.3, -0.25) is 0 Å². The Morgan fingerprint density at radius 1 is 0.889 bits per heavy atom. The van der Waals surface area contributed by atoms with Crippen LogP contribution in [0, 0.1) is 11.8 Å². The van der Waals surface area contributed by atoms with Crippen molar-refractivity contribution >= 4 is 5.97 Å². The number of methoxy groups -OCH3 is 5. The zero-order valence-corrected chi connectivity index (χ0v) is 22.1. The summed E-state index contributed by atoms with van der Waals surface area (Å²) in [7, 11) is 7.95. The highest BCUT2D eigenvalue weighted by atomic mass is 16.5. The number of allylic oxidation sites excluding steroid dienone is 1. The monoisotopic (exact) mass is 500 g/mol. The van der Waals surface area contributed by atoms with Gasteiger partial charge in [0, 0.05) is 12.0 Å². The van der Waals surface area contributed by atoms with Gasteiger partial charge in [0.25, 0.3) is 0 Å². The van der Waals surface area contributed by atoms with Crippen molar-refractivity contribution < 1.29 is 38.0 Å². The van der Waals surface area contributed by atoms with Crippen molar-refractivity contribution in [3.05, 3.63) is 53.1 Å². The van der Waals surface area contributed by atoms with Gasteiger partial charge < -0.3 is 33.2 Å². The van der Waals surface area contributed by atoms with E-state index in [-0.39, 0.29) is 30.5 Å². The van der Waals surface area contributed by atoms with Crippen LogP contribution in [0.3, 0.4) is 0 Å². The van der Waals surface area contributed by atoms with Gasteiger partial charge in [0.2, 0.25) is 5.75 Å². The average Bonchev–Trinajstić information content (AvgIpc) is 3.27. The Kier molecular flexibility index (Phi) is 9.47. The molecular formula is C28H36O8. The summed E-state index contributed by atoms with van der Waals surface area (Å²) in [6.45, 7) is 4.43. The Morgan fingerprint density at radius 3 is 2.08 bits per heavy atom. The maximum Gasteiger partial charge on any atom is 0.330 e.